The summed E-state index contributed by atoms with van der Waals surface area (Å²) < 4.78 is 7.29. The van der Waals surface area contributed by atoms with Crippen LogP contribution in [-0.4, -0.2) is 19.9 Å². The van der Waals surface area contributed by atoms with Gasteiger partial charge in [0.05, 0.1) is 5.75 Å². The second kappa shape index (κ2) is 8.14. The number of aromatic hydroxyl groups is 1. The Bertz CT molecular complexity index is 1120. The van der Waals surface area contributed by atoms with Gasteiger partial charge in [-0.3, -0.25) is 9.36 Å². The van der Waals surface area contributed by atoms with E-state index < -0.39 is 11.2 Å². The lowest BCUT2D eigenvalue weighted by atomic mass is 10.1. The monoisotopic (exact) mass is 391 g/mol. The Hall–Kier alpha value is -3.32. The SMILES string of the molecule is O=c1cc(CSc2nnc(Cc3ccccc3)n2-c2ccccc2)occ1O. The average Bonchev–Trinajstić information content (AvgIpc) is 3.12. The first-order chi connectivity index (χ1) is 13.7. The lowest BCUT2D eigenvalue weighted by Gasteiger charge is -2.10. The Kier molecular flexibility index (Phi) is 5.25. The Morgan fingerprint density at radius 2 is 1.71 bits per heavy atom. The summed E-state index contributed by atoms with van der Waals surface area (Å²) in [5, 5.41) is 18.8. The summed E-state index contributed by atoms with van der Waals surface area (Å²) in [5.74, 6) is 1.28. The molecular weight excluding hydrogens is 374 g/mol. The van der Waals surface area contributed by atoms with Crippen molar-refractivity contribution in [3.05, 3.63) is 100 Å². The minimum Gasteiger partial charge on any atom is -0.502 e. The number of hydrogen-bond donors (Lipinski definition) is 1. The van der Waals surface area contributed by atoms with Gasteiger partial charge in [0.25, 0.3) is 0 Å². The van der Waals surface area contributed by atoms with Crippen LogP contribution in [0.5, 0.6) is 5.75 Å². The van der Waals surface area contributed by atoms with E-state index in [0.717, 1.165) is 23.3 Å². The molecule has 0 radical (unpaired) electrons. The first kappa shape index (κ1) is 18.1. The van der Waals surface area contributed by atoms with Crippen molar-refractivity contribution in [1.82, 2.24) is 14.8 Å². The van der Waals surface area contributed by atoms with Crippen molar-refractivity contribution in [2.75, 3.05) is 0 Å². The summed E-state index contributed by atoms with van der Waals surface area (Å²) in [6.07, 6.45) is 1.71. The molecule has 0 aliphatic carbocycles. The predicted molar refractivity (Wildman–Crippen MR) is 107 cm³/mol. The zero-order chi connectivity index (χ0) is 19.3. The van der Waals surface area contributed by atoms with Gasteiger partial charge in [0.2, 0.25) is 5.43 Å². The lowest BCUT2D eigenvalue weighted by Crippen LogP contribution is -2.04. The third-order valence-electron chi connectivity index (χ3n) is 4.13. The van der Waals surface area contributed by atoms with Gasteiger partial charge in [-0.25, -0.2) is 0 Å². The predicted octanol–water partition coefficient (Wildman–Crippen LogP) is 3.81. The summed E-state index contributed by atoms with van der Waals surface area (Å²) in [7, 11) is 0. The van der Waals surface area contributed by atoms with Crippen LogP contribution in [0, 0.1) is 0 Å². The van der Waals surface area contributed by atoms with Gasteiger partial charge in [-0.2, -0.15) is 0 Å². The van der Waals surface area contributed by atoms with Gasteiger partial charge in [-0.05, 0) is 17.7 Å². The Morgan fingerprint density at radius 3 is 2.43 bits per heavy atom. The van der Waals surface area contributed by atoms with Gasteiger partial charge in [0.1, 0.15) is 17.8 Å². The van der Waals surface area contributed by atoms with Crippen molar-refractivity contribution >= 4 is 11.8 Å². The Labute approximate surface area is 165 Å². The number of thioether (sulfide) groups is 1. The van der Waals surface area contributed by atoms with Crippen molar-refractivity contribution in [3.8, 4) is 11.4 Å². The van der Waals surface area contributed by atoms with Crippen LogP contribution in [0.4, 0.5) is 0 Å². The summed E-state index contributed by atoms with van der Waals surface area (Å²) in [5.41, 5.74) is 1.65. The molecule has 0 fully saturated rings. The van der Waals surface area contributed by atoms with Crippen molar-refractivity contribution in [1.29, 1.82) is 0 Å². The topological polar surface area (TPSA) is 81.2 Å². The maximum atomic E-state index is 11.6. The van der Waals surface area contributed by atoms with Crippen LogP contribution in [0.15, 0.2) is 87.4 Å². The van der Waals surface area contributed by atoms with Crippen LogP contribution in [0.25, 0.3) is 5.69 Å². The van der Waals surface area contributed by atoms with Crippen molar-refractivity contribution in [2.45, 2.75) is 17.3 Å². The van der Waals surface area contributed by atoms with Crippen LogP contribution in [-0.2, 0) is 12.2 Å². The normalized spacial score (nSPS) is 10.9. The van der Waals surface area contributed by atoms with E-state index >= 15 is 0 Å². The minimum absolute atomic E-state index is 0.395. The quantitative estimate of drug-likeness (QED) is 0.504. The van der Waals surface area contributed by atoms with Crippen molar-refractivity contribution < 1.29 is 9.52 Å². The minimum atomic E-state index is -0.462. The molecule has 0 spiro atoms. The molecule has 28 heavy (non-hydrogen) atoms. The molecule has 0 atom stereocenters. The fourth-order valence-corrected chi connectivity index (χ4v) is 3.64. The summed E-state index contributed by atoms with van der Waals surface area (Å²) in [6, 6.07) is 21.3. The molecular formula is C21H17N3O3S. The second-order valence-corrected chi connectivity index (χ2v) is 7.06. The molecule has 4 rings (SSSR count). The Balaban J connectivity index is 1.64. The number of nitrogens with zero attached hydrogens (tertiary/aromatic N) is 3. The molecule has 2 aromatic carbocycles. The number of hydrogen-bond acceptors (Lipinski definition) is 6. The molecule has 7 heteroatoms. The first-order valence-electron chi connectivity index (χ1n) is 8.68. The van der Waals surface area contributed by atoms with Crippen LogP contribution < -0.4 is 5.43 Å². The molecule has 0 unspecified atom stereocenters. The Morgan fingerprint density at radius 1 is 1.00 bits per heavy atom. The van der Waals surface area contributed by atoms with Crippen molar-refractivity contribution in [3.63, 3.8) is 0 Å². The molecule has 2 aromatic heterocycles. The van der Waals surface area contributed by atoms with Crippen LogP contribution in [0.1, 0.15) is 17.1 Å². The third kappa shape index (κ3) is 3.99. The van der Waals surface area contributed by atoms with E-state index in [2.05, 4.69) is 22.3 Å². The molecule has 4 aromatic rings. The lowest BCUT2D eigenvalue weighted by molar-refractivity contribution is 0.419. The molecule has 0 amide bonds. The summed E-state index contributed by atoms with van der Waals surface area (Å²) in [4.78, 5) is 11.6. The van der Waals surface area contributed by atoms with Gasteiger partial charge < -0.3 is 9.52 Å². The van der Waals surface area contributed by atoms with E-state index in [1.54, 1.807) is 0 Å². The number of benzene rings is 2. The second-order valence-electron chi connectivity index (χ2n) is 6.12. The molecule has 0 aliphatic rings. The van der Waals surface area contributed by atoms with Gasteiger partial charge in [0, 0.05) is 18.2 Å². The van der Waals surface area contributed by atoms with Crippen LogP contribution in [0.2, 0.25) is 0 Å². The highest BCUT2D eigenvalue weighted by molar-refractivity contribution is 7.98. The van der Waals surface area contributed by atoms with Crippen LogP contribution in [0.3, 0.4) is 0 Å². The zero-order valence-electron chi connectivity index (χ0n) is 14.9. The van der Waals surface area contributed by atoms with Gasteiger partial charge in [-0.1, -0.05) is 60.3 Å². The third-order valence-corrected chi connectivity index (χ3v) is 5.08. The van der Waals surface area contributed by atoms with E-state index in [4.69, 9.17) is 4.42 Å². The molecule has 1 N–H and O–H groups in total. The van der Waals surface area contributed by atoms with E-state index in [9.17, 15) is 9.90 Å². The smallest absolute Gasteiger partial charge is 0.226 e. The van der Waals surface area contributed by atoms with Gasteiger partial charge >= 0.3 is 0 Å². The molecule has 0 saturated heterocycles. The highest BCUT2D eigenvalue weighted by atomic mass is 32.2. The molecule has 0 bridgehead atoms. The largest absolute Gasteiger partial charge is 0.502 e. The first-order valence-corrected chi connectivity index (χ1v) is 9.66. The van der Waals surface area contributed by atoms with E-state index in [1.807, 2.05) is 53.1 Å². The zero-order valence-corrected chi connectivity index (χ0v) is 15.7. The molecule has 140 valence electrons. The molecule has 6 nitrogen and oxygen atoms in total. The highest BCUT2D eigenvalue weighted by Gasteiger charge is 2.15. The maximum Gasteiger partial charge on any atom is 0.226 e. The number of rotatable bonds is 6. The van der Waals surface area contributed by atoms with Gasteiger partial charge in [0.15, 0.2) is 10.9 Å². The van der Waals surface area contributed by atoms with Gasteiger partial charge in [-0.15, -0.1) is 10.2 Å². The van der Waals surface area contributed by atoms with Crippen molar-refractivity contribution in [2.24, 2.45) is 0 Å². The average molecular weight is 391 g/mol. The van der Waals surface area contributed by atoms with Crippen LogP contribution >= 0.6 is 11.8 Å². The highest BCUT2D eigenvalue weighted by Crippen LogP contribution is 2.26. The number of para-hydroxylation sites is 1. The van der Waals surface area contributed by atoms with E-state index in [1.165, 1.54) is 17.8 Å². The fraction of sp³-hybridized carbons (Fsp3) is 0.0952. The summed E-state index contributed by atoms with van der Waals surface area (Å²) >= 11 is 1.42. The van der Waals surface area contributed by atoms with E-state index in [0.29, 0.717) is 23.1 Å². The molecule has 0 saturated carbocycles. The fourth-order valence-electron chi connectivity index (χ4n) is 2.78. The molecule has 2 heterocycles. The molecule has 0 aliphatic heterocycles. The maximum absolute atomic E-state index is 11.6. The number of aromatic nitrogens is 3. The standard InChI is InChI=1S/C21H17N3O3S/c25-18-12-17(27-13-19(18)26)14-28-21-23-22-20(11-15-7-3-1-4-8-15)24(21)16-9-5-2-6-10-16/h1-10,12-13,26H,11,14H2. The van der Waals surface area contributed by atoms with E-state index in [-0.39, 0.29) is 0 Å². The summed E-state index contributed by atoms with van der Waals surface area (Å²) in [6.45, 7) is 0.